The quantitative estimate of drug-likeness (QED) is 0.826. The van der Waals surface area contributed by atoms with Crippen LogP contribution in [0.15, 0.2) is 16.7 Å². The van der Waals surface area contributed by atoms with Gasteiger partial charge in [-0.2, -0.15) is 0 Å². The van der Waals surface area contributed by atoms with Crippen LogP contribution in [0.2, 0.25) is 0 Å². The molecule has 0 radical (unpaired) electrons. The maximum atomic E-state index is 10.7. The molecule has 1 aromatic rings. The molecule has 0 aliphatic carbocycles. The molecule has 1 rings (SSSR count). The van der Waals surface area contributed by atoms with Crippen molar-refractivity contribution in [1.82, 2.24) is 4.98 Å². The Hall–Kier alpha value is -1.30. The Labute approximate surface area is 89.4 Å². The van der Waals surface area contributed by atoms with Crippen molar-refractivity contribution in [2.75, 3.05) is 19.1 Å². The second-order valence-corrected chi connectivity index (χ2v) is 3.32. The van der Waals surface area contributed by atoms with Crippen LogP contribution in [0.5, 0.6) is 5.88 Å². The molecular formula is C8H9BrN2O3. The van der Waals surface area contributed by atoms with Crippen molar-refractivity contribution in [3.05, 3.63) is 16.7 Å². The van der Waals surface area contributed by atoms with E-state index in [4.69, 9.17) is 9.84 Å². The van der Waals surface area contributed by atoms with Gasteiger partial charge in [0, 0.05) is 7.05 Å². The molecular weight excluding hydrogens is 252 g/mol. The Kier molecular flexibility index (Phi) is 3.29. The second kappa shape index (κ2) is 4.28. The number of halogens is 1. The SMILES string of the molecule is COc1nc(Br)ccc1N(C)C(=O)O. The van der Waals surface area contributed by atoms with Crippen molar-refractivity contribution < 1.29 is 14.6 Å². The van der Waals surface area contributed by atoms with Gasteiger partial charge in [-0.1, -0.05) is 0 Å². The minimum Gasteiger partial charge on any atom is -0.479 e. The van der Waals surface area contributed by atoms with Gasteiger partial charge in [0.15, 0.2) is 0 Å². The topological polar surface area (TPSA) is 62.7 Å². The third-order valence-electron chi connectivity index (χ3n) is 1.65. The highest BCUT2D eigenvalue weighted by atomic mass is 79.9. The van der Waals surface area contributed by atoms with Crippen molar-refractivity contribution in [3.63, 3.8) is 0 Å². The smallest absolute Gasteiger partial charge is 0.411 e. The Morgan fingerprint density at radius 3 is 2.79 bits per heavy atom. The Morgan fingerprint density at radius 1 is 1.64 bits per heavy atom. The van der Waals surface area contributed by atoms with Crippen LogP contribution in [-0.2, 0) is 0 Å². The first kappa shape index (κ1) is 10.8. The van der Waals surface area contributed by atoms with Crippen LogP contribution in [-0.4, -0.2) is 30.3 Å². The van der Waals surface area contributed by atoms with Gasteiger partial charge in [0.05, 0.1) is 7.11 Å². The summed E-state index contributed by atoms with van der Waals surface area (Å²) in [6.07, 6.45) is -1.06. The van der Waals surface area contributed by atoms with E-state index in [9.17, 15) is 4.79 Å². The first-order valence-electron chi connectivity index (χ1n) is 3.73. The Balaban J connectivity index is 3.13. The van der Waals surface area contributed by atoms with E-state index in [1.165, 1.54) is 14.2 Å². The van der Waals surface area contributed by atoms with Crippen LogP contribution in [0, 0.1) is 0 Å². The fraction of sp³-hybridized carbons (Fsp3) is 0.250. The minimum absolute atomic E-state index is 0.268. The van der Waals surface area contributed by atoms with Gasteiger partial charge in [-0.15, -0.1) is 0 Å². The number of aromatic nitrogens is 1. The van der Waals surface area contributed by atoms with Crippen molar-refractivity contribution in [1.29, 1.82) is 0 Å². The van der Waals surface area contributed by atoms with E-state index in [1.54, 1.807) is 12.1 Å². The van der Waals surface area contributed by atoms with E-state index in [-0.39, 0.29) is 5.88 Å². The maximum absolute atomic E-state index is 10.7. The number of rotatable bonds is 2. The summed E-state index contributed by atoms with van der Waals surface area (Å²) in [5.41, 5.74) is 0.406. The van der Waals surface area contributed by atoms with Crippen LogP contribution in [0.25, 0.3) is 0 Å². The molecule has 0 unspecified atom stereocenters. The zero-order valence-electron chi connectivity index (χ0n) is 7.69. The van der Waals surface area contributed by atoms with E-state index in [0.717, 1.165) is 4.90 Å². The highest BCUT2D eigenvalue weighted by Crippen LogP contribution is 2.26. The van der Waals surface area contributed by atoms with Crippen molar-refractivity contribution >= 4 is 27.7 Å². The first-order chi connectivity index (χ1) is 6.56. The summed E-state index contributed by atoms with van der Waals surface area (Å²) in [4.78, 5) is 15.7. The van der Waals surface area contributed by atoms with Gasteiger partial charge in [-0.25, -0.2) is 9.78 Å². The number of pyridine rings is 1. The van der Waals surface area contributed by atoms with E-state index in [0.29, 0.717) is 10.3 Å². The largest absolute Gasteiger partial charge is 0.479 e. The predicted molar refractivity (Wildman–Crippen MR) is 54.9 cm³/mol. The summed E-state index contributed by atoms with van der Waals surface area (Å²) in [6, 6.07) is 3.27. The van der Waals surface area contributed by atoms with Crippen molar-refractivity contribution in [2.24, 2.45) is 0 Å². The fourth-order valence-corrected chi connectivity index (χ4v) is 1.21. The Bertz CT molecular complexity index is 356. The summed E-state index contributed by atoms with van der Waals surface area (Å²) in [7, 11) is 2.86. The van der Waals surface area contributed by atoms with E-state index < -0.39 is 6.09 Å². The summed E-state index contributed by atoms with van der Waals surface area (Å²) in [6.45, 7) is 0. The molecule has 6 heteroatoms. The molecule has 0 aliphatic heterocycles. The van der Waals surface area contributed by atoms with E-state index in [2.05, 4.69) is 20.9 Å². The van der Waals surface area contributed by atoms with Gasteiger partial charge >= 0.3 is 6.09 Å². The molecule has 5 nitrogen and oxygen atoms in total. The number of hydrogen-bond acceptors (Lipinski definition) is 3. The van der Waals surface area contributed by atoms with E-state index in [1.807, 2.05) is 0 Å². The molecule has 76 valence electrons. The predicted octanol–water partition coefficient (Wildman–Crippen LogP) is 1.97. The molecule has 1 heterocycles. The molecule has 0 atom stereocenters. The molecule has 0 fully saturated rings. The van der Waals surface area contributed by atoms with Gasteiger partial charge in [0.25, 0.3) is 0 Å². The number of carbonyl (C=O) groups is 1. The van der Waals surface area contributed by atoms with Crippen LogP contribution in [0.4, 0.5) is 10.5 Å². The van der Waals surface area contributed by atoms with Gasteiger partial charge in [-0.3, -0.25) is 4.90 Å². The molecule has 0 aliphatic rings. The van der Waals surface area contributed by atoms with Crippen molar-refractivity contribution in [2.45, 2.75) is 0 Å². The van der Waals surface area contributed by atoms with Crippen molar-refractivity contribution in [3.8, 4) is 5.88 Å². The third-order valence-corrected chi connectivity index (χ3v) is 2.09. The number of anilines is 1. The van der Waals surface area contributed by atoms with Gasteiger partial charge in [0.2, 0.25) is 5.88 Å². The molecule has 0 aromatic carbocycles. The zero-order valence-corrected chi connectivity index (χ0v) is 9.28. The standard InChI is InChI=1S/C8H9BrN2O3/c1-11(8(12)13)5-3-4-6(9)10-7(5)14-2/h3-4H,1-2H3,(H,12,13). The van der Waals surface area contributed by atoms with Crippen LogP contribution in [0.1, 0.15) is 0 Å². The molecule has 0 bridgehead atoms. The summed E-state index contributed by atoms with van der Waals surface area (Å²) >= 11 is 3.17. The number of hydrogen-bond donors (Lipinski definition) is 1. The lowest BCUT2D eigenvalue weighted by Crippen LogP contribution is -2.24. The lowest BCUT2D eigenvalue weighted by atomic mass is 10.4. The average molecular weight is 261 g/mol. The lowest BCUT2D eigenvalue weighted by molar-refractivity contribution is 0.203. The molecule has 0 spiro atoms. The monoisotopic (exact) mass is 260 g/mol. The number of nitrogens with zero attached hydrogens (tertiary/aromatic N) is 2. The Morgan fingerprint density at radius 2 is 2.29 bits per heavy atom. The molecule has 14 heavy (non-hydrogen) atoms. The zero-order chi connectivity index (χ0) is 10.7. The highest BCUT2D eigenvalue weighted by Gasteiger charge is 2.14. The first-order valence-corrected chi connectivity index (χ1v) is 4.52. The normalized spacial score (nSPS) is 9.64. The maximum Gasteiger partial charge on any atom is 0.411 e. The van der Waals surface area contributed by atoms with Crippen LogP contribution >= 0.6 is 15.9 Å². The lowest BCUT2D eigenvalue weighted by Gasteiger charge is -2.15. The highest BCUT2D eigenvalue weighted by molar-refractivity contribution is 9.10. The van der Waals surface area contributed by atoms with E-state index >= 15 is 0 Å². The number of amides is 1. The van der Waals surface area contributed by atoms with Gasteiger partial charge < -0.3 is 9.84 Å². The molecule has 0 saturated carbocycles. The average Bonchev–Trinajstić information content (AvgIpc) is 2.16. The summed E-state index contributed by atoms with van der Waals surface area (Å²) in [5, 5.41) is 8.76. The van der Waals surface area contributed by atoms with Crippen LogP contribution < -0.4 is 9.64 Å². The third kappa shape index (κ3) is 2.14. The second-order valence-electron chi connectivity index (χ2n) is 2.50. The van der Waals surface area contributed by atoms with Gasteiger partial charge in [-0.05, 0) is 28.1 Å². The van der Waals surface area contributed by atoms with Gasteiger partial charge in [0.1, 0.15) is 10.3 Å². The summed E-state index contributed by atoms with van der Waals surface area (Å²) < 4.78 is 5.55. The summed E-state index contributed by atoms with van der Waals surface area (Å²) in [5.74, 6) is 0.268. The molecule has 1 aromatic heterocycles. The number of ether oxygens (including phenoxy) is 1. The van der Waals surface area contributed by atoms with Crippen LogP contribution in [0.3, 0.4) is 0 Å². The fourth-order valence-electron chi connectivity index (χ4n) is 0.919. The minimum atomic E-state index is -1.06. The molecule has 1 amide bonds. The number of methoxy groups -OCH3 is 1. The molecule has 1 N–H and O–H groups in total. The molecule has 0 saturated heterocycles. The number of carboxylic acid groups (broad SMARTS) is 1.